The summed E-state index contributed by atoms with van der Waals surface area (Å²) in [7, 11) is 0. The summed E-state index contributed by atoms with van der Waals surface area (Å²) in [5.41, 5.74) is 4.11. The third-order valence-electron chi connectivity index (χ3n) is 6.15. The minimum atomic E-state index is -0.899. The molecule has 0 spiro atoms. The second-order valence-electron chi connectivity index (χ2n) is 8.81. The summed E-state index contributed by atoms with van der Waals surface area (Å²) in [6.07, 6.45) is 2.93. The molecule has 0 aliphatic rings. The molecule has 204 valence electrons. The van der Waals surface area contributed by atoms with Gasteiger partial charge in [0, 0.05) is 24.9 Å². The predicted molar refractivity (Wildman–Crippen MR) is 142 cm³/mol. The van der Waals surface area contributed by atoms with Gasteiger partial charge in [-0.2, -0.15) is 0 Å². The molecule has 4 aromatic rings. The van der Waals surface area contributed by atoms with Crippen LogP contribution in [0.4, 0.5) is 0 Å². The number of aromatic nitrogens is 6. The van der Waals surface area contributed by atoms with Gasteiger partial charge in [-0.3, -0.25) is 4.79 Å². The SMILES string of the molecule is CCCCc1nc(Cl)c(CO)n1Cc1ccc(-c2ccccc2-c2nnn(C(=O)CCCO[N+](=O)[O-])n2)cc1. The number of aliphatic hydroxyl groups is 1. The second kappa shape index (κ2) is 13.1. The monoisotopic (exact) mass is 553 g/mol. The van der Waals surface area contributed by atoms with Crippen molar-refractivity contribution in [3.05, 3.63) is 80.9 Å². The largest absolute Gasteiger partial charge is 0.390 e. The fourth-order valence-corrected chi connectivity index (χ4v) is 4.42. The Morgan fingerprint density at radius 1 is 1.13 bits per heavy atom. The molecule has 13 heteroatoms. The van der Waals surface area contributed by atoms with Gasteiger partial charge in [0.2, 0.25) is 5.82 Å². The Morgan fingerprint density at radius 3 is 2.56 bits per heavy atom. The number of imidazole rings is 1. The summed E-state index contributed by atoms with van der Waals surface area (Å²) >= 11 is 6.28. The number of nitrogens with zero attached hydrogens (tertiary/aromatic N) is 7. The lowest BCUT2D eigenvalue weighted by atomic mass is 9.98. The van der Waals surface area contributed by atoms with Crippen molar-refractivity contribution in [1.82, 2.24) is 29.8 Å². The van der Waals surface area contributed by atoms with Crippen LogP contribution in [0.1, 0.15) is 54.5 Å². The first kappa shape index (κ1) is 27.9. The van der Waals surface area contributed by atoms with E-state index in [1.54, 1.807) is 0 Å². The maximum absolute atomic E-state index is 12.3. The lowest BCUT2D eigenvalue weighted by molar-refractivity contribution is -0.757. The summed E-state index contributed by atoms with van der Waals surface area (Å²) < 4.78 is 1.98. The van der Waals surface area contributed by atoms with Crippen LogP contribution in [-0.2, 0) is 24.4 Å². The minimum absolute atomic E-state index is 0.0208. The third-order valence-corrected chi connectivity index (χ3v) is 6.45. The number of rotatable bonds is 13. The van der Waals surface area contributed by atoms with Gasteiger partial charge in [0.15, 0.2) is 5.15 Å². The number of tetrazole rings is 1. The first-order valence-corrected chi connectivity index (χ1v) is 12.9. The van der Waals surface area contributed by atoms with E-state index < -0.39 is 11.0 Å². The van der Waals surface area contributed by atoms with E-state index in [0.29, 0.717) is 23.0 Å². The molecule has 0 atom stereocenters. The molecule has 2 heterocycles. The first-order chi connectivity index (χ1) is 18.9. The van der Waals surface area contributed by atoms with Crippen molar-refractivity contribution < 1.29 is 19.8 Å². The van der Waals surface area contributed by atoms with Crippen LogP contribution in [0.15, 0.2) is 48.5 Å². The van der Waals surface area contributed by atoms with Crippen molar-refractivity contribution >= 4 is 17.5 Å². The van der Waals surface area contributed by atoms with E-state index in [2.05, 4.69) is 32.2 Å². The molecule has 0 unspecified atom stereocenters. The second-order valence-corrected chi connectivity index (χ2v) is 9.17. The summed E-state index contributed by atoms with van der Waals surface area (Å²) in [4.78, 5) is 32.2. The number of carbonyl (C=O) groups is 1. The van der Waals surface area contributed by atoms with Crippen LogP contribution >= 0.6 is 11.6 Å². The van der Waals surface area contributed by atoms with Crippen LogP contribution < -0.4 is 0 Å². The van der Waals surface area contributed by atoms with Crippen molar-refractivity contribution in [3.8, 4) is 22.5 Å². The molecule has 0 aliphatic carbocycles. The molecule has 0 saturated heterocycles. The zero-order chi connectivity index (χ0) is 27.8. The molecule has 1 N–H and O–H groups in total. The van der Waals surface area contributed by atoms with Crippen LogP contribution in [0.3, 0.4) is 0 Å². The first-order valence-electron chi connectivity index (χ1n) is 12.5. The van der Waals surface area contributed by atoms with Crippen molar-refractivity contribution in [1.29, 1.82) is 0 Å². The molecule has 0 aliphatic heterocycles. The lowest BCUT2D eigenvalue weighted by Gasteiger charge is -2.12. The van der Waals surface area contributed by atoms with Crippen molar-refractivity contribution in [2.24, 2.45) is 0 Å². The molecule has 2 aromatic carbocycles. The molecule has 0 radical (unpaired) electrons. The Balaban J connectivity index is 1.51. The molecule has 2 aromatic heterocycles. The molecule has 39 heavy (non-hydrogen) atoms. The minimum Gasteiger partial charge on any atom is -0.390 e. The van der Waals surface area contributed by atoms with Crippen molar-refractivity contribution in [2.75, 3.05) is 6.61 Å². The number of carbonyl (C=O) groups excluding carboxylic acids is 1. The van der Waals surface area contributed by atoms with E-state index >= 15 is 0 Å². The Hall–Kier alpha value is -4.16. The number of hydrogen-bond donors (Lipinski definition) is 1. The van der Waals surface area contributed by atoms with Gasteiger partial charge in [0.25, 0.3) is 11.0 Å². The standard InChI is InChI=1S/C26H28ClN7O5/c1-2-3-9-23-28-25(27)22(17-35)32(23)16-18-11-13-19(14-12-18)20-7-4-5-8-21(20)26-29-31-33(30-26)24(36)10-6-15-39-34(37)38/h4-5,7-8,11-14,35H,2-3,6,9-10,15-17H2,1H3. The number of unbranched alkanes of at least 4 members (excludes halogenated alkanes) is 1. The number of hydrogen-bond acceptors (Lipinski definition) is 9. The van der Waals surface area contributed by atoms with Crippen LogP contribution in [0.5, 0.6) is 0 Å². The lowest BCUT2D eigenvalue weighted by Crippen LogP contribution is -2.15. The highest BCUT2D eigenvalue weighted by atomic mass is 35.5. The summed E-state index contributed by atoms with van der Waals surface area (Å²) in [5.74, 6) is 0.697. The van der Waals surface area contributed by atoms with Gasteiger partial charge >= 0.3 is 0 Å². The quantitative estimate of drug-likeness (QED) is 0.144. The fraction of sp³-hybridized carbons (Fsp3) is 0.346. The molecule has 0 fully saturated rings. The summed E-state index contributed by atoms with van der Waals surface area (Å²) in [6.45, 7) is 2.27. The highest BCUT2D eigenvalue weighted by Gasteiger charge is 2.17. The fourth-order valence-electron chi connectivity index (χ4n) is 4.16. The zero-order valence-electron chi connectivity index (χ0n) is 21.4. The zero-order valence-corrected chi connectivity index (χ0v) is 22.1. The molecule has 0 bridgehead atoms. The van der Waals surface area contributed by atoms with Gasteiger partial charge in [-0.05, 0) is 34.7 Å². The maximum atomic E-state index is 12.3. The number of halogens is 1. The van der Waals surface area contributed by atoms with Crippen molar-refractivity contribution in [2.45, 2.75) is 52.2 Å². The van der Waals surface area contributed by atoms with Gasteiger partial charge < -0.3 is 14.5 Å². The predicted octanol–water partition coefficient (Wildman–Crippen LogP) is 4.37. The van der Waals surface area contributed by atoms with Gasteiger partial charge in [0.05, 0.1) is 18.9 Å². The van der Waals surface area contributed by atoms with E-state index in [-0.39, 0.29) is 31.9 Å². The van der Waals surface area contributed by atoms with Crippen LogP contribution in [0.2, 0.25) is 5.15 Å². The van der Waals surface area contributed by atoms with Crippen LogP contribution in [0.25, 0.3) is 22.5 Å². The molecule has 0 saturated carbocycles. The Labute approximate surface area is 229 Å². The summed E-state index contributed by atoms with van der Waals surface area (Å²) in [5, 5.41) is 31.7. The van der Waals surface area contributed by atoms with Gasteiger partial charge in [-0.25, -0.2) is 4.98 Å². The smallest absolute Gasteiger partial charge is 0.294 e. The number of aliphatic hydroxyl groups excluding tert-OH is 1. The van der Waals surface area contributed by atoms with Crippen molar-refractivity contribution in [3.63, 3.8) is 0 Å². The highest BCUT2D eigenvalue weighted by molar-refractivity contribution is 6.30. The molecule has 4 rings (SSSR count). The van der Waals surface area contributed by atoms with E-state index in [1.165, 1.54) is 0 Å². The Morgan fingerprint density at radius 2 is 1.87 bits per heavy atom. The third kappa shape index (κ3) is 6.84. The average Bonchev–Trinajstić information content (AvgIpc) is 3.55. The average molecular weight is 554 g/mol. The van der Waals surface area contributed by atoms with E-state index in [0.717, 1.165) is 46.6 Å². The van der Waals surface area contributed by atoms with E-state index in [4.69, 9.17) is 11.6 Å². The number of aryl methyl sites for hydroxylation is 1. The highest BCUT2D eigenvalue weighted by Crippen LogP contribution is 2.30. The molecular formula is C26H28ClN7O5. The maximum Gasteiger partial charge on any atom is 0.294 e. The van der Waals surface area contributed by atoms with Crippen LogP contribution in [-0.4, -0.2) is 52.5 Å². The Kier molecular flexibility index (Phi) is 9.34. The normalized spacial score (nSPS) is 11.1. The topological polar surface area (TPSA) is 151 Å². The van der Waals surface area contributed by atoms with E-state index in [9.17, 15) is 20.0 Å². The molecular weight excluding hydrogens is 526 g/mol. The van der Waals surface area contributed by atoms with E-state index in [1.807, 2.05) is 53.1 Å². The van der Waals surface area contributed by atoms with Gasteiger partial charge in [0.1, 0.15) is 5.82 Å². The number of benzene rings is 2. The molecule has 0 amide bonds. The Bertz CT molecular complexity index is 1430. The van der Waals surface area contributed by atoms with Crippen LogP contribution in [0, 0.1) is 10.1 Å². The van der Waals surface area contributed by atoms with Gasteiger partial charge in [-0.1, -0.05) is 78.3 Å². The molecule has 12 nitrogen and oxygen atoms in total. The van der Waals surface area contributed by atoms with Gasteiger partial charge in [-0.15, -0.1) is 20.3 Å². The summed E-state index contributed by atoms with van der Waals surface area (Å²) in [6, 6.07) is 15.5.